The molecule has 0 amide bonds. The first-order valence-electron chi connectivity index (χ1n) is 7.61. The van der Waals surface area contributed by atoms with Crippen molar-refractivity contribution in [1.29, 1.82) is 0 Å². The van der Waals surface area contributed by atoms with Crippen molar-refractivity contribution in [2.75, 3.05) is 19.6 Å². The van der Waals surface area contributed by atoms with Crippen molar-refractivity contribution >= 4 is 17.6 Å². The standard InChI is InChI=1S/C16H21ClFN3/c17-14-10-12(18)4-5-13(14)16(6-7-16)11-20-15(19)21-8-2-1-3-9-21/h4-5,10H,1-3,6-9,11H2,(H2,19,20). The lowest BCUT2D eigenvalue weighted by molar-refractivity contribution is 0.337. The Labute approximate surface area is 130 Å². The van der Waals surface area contributed by atoms with Gasteiger partial charge in [-0.3, -0.25) is 4.99 Å². The number of nitrogens with two attached hydrogens (primary N) is 1. The Kier molecular flexibility index (Phi) is 4.07. The normalized spacial score (nSPS) is 21.4. The summed E-state index contributed by atoms with van der Waals surface area (Å²) < 4.78 is 13.2. The molecule has 3 rings (SSSR count). The van der Waals surface area contributed by atoms with Crippen LogP contribution in [0, 0.1) is 5.82 Å². The van der Waals surface area contributed by atoms with Crippen LogP contribution in [0.1, 0.15) is 37.7 Å². The Hall–Kier alpha value is -1.29. The van der Waals surface area contributed by atoms with Gasteiger partial charge in [0.1, 0.15) is 5.82 Å². The van der Waals surface area contributed by atoms with E-state index in [1.165, 1.54) is 31.4 Å². The second-order valence-corrected chi connectivity index (χ2v) is 6.53. The van der Waals surface area contributed by atoms with Crippen LogP contribution in [0.5, 0.6) is 0 Å². The van der Waals surface area contributed by atoms with Crippen molar-refractivity contribution in [3.05, 3.63) is 34.6 Å². The largest absolute Gasteiger partial charge is 0.370 e. The van der Waals surface area contributed by atoms with Crippen LogP contribution in [0.4, 0.5) is 4.39 Å². The van der Waals surface area contributed by atoms with Crippen LogP contribution in [-0.2, 0) is 5.41 Å². The lowest BCUT2D eigenvalue weighted by atomic mass is 9.96. The third-order valence-corrected chi connectivity index (χ3v) is 4.89. The van der Waals surface area contributed by atoms with Crippen LogP contribution in [0.2, 0.25) is 5.02 Å². The highest BCUT2D eigenvalue weighted by Gasteiger charge is 2.45. The van der Waals surface area contributed by atoms with Crippen LogP contribution in [-0.4, -0.2) is 30.5 Å². The second kappa shape index (κ2) is 5.84. The van der Waals surface area contributed by atoms with Crippen molar-refractivity contribution in [2.45, 2.75) is 37.5 Å². The van der Waals surface area contributed by atoms with E-state index in [1.54, 1.807) is 6.07 Å². The number of guanidine groups is 1. The molecule has 114 valence electrons. The van der Waals surface area contributed by atoms with Crippen molar-refractivity contribution < 1.29 is 4.39 Å². The molecule has 1 aromatic carbocycles. The number of hydrogen-bond acceptors (Lipinski definition) is 1. The molecule has 2 aliphatic rings. The van der Waals surface area contributed by atoms with E-state index < -0.39 is 0 Å². The predicted octanol–water partition coefficient (Wildman–Crippen LogP) is 3.31. The highest BCUT2D eigenvalue weighted by atomic mass is 35.5. The fourth-order valence-electron chi connectivity index (χ4n) is 3.04. The van der Waals surface area contributed by atoms with E-state index in [0.717, 1.165) is 31.5 Å². The average molecular weight is 310 g/mol. The summed E-state index contributed by atoms with van der Waals surface area (Å²) in [7, 11) is 0. The Balaban J connectivity index is 1.71. The summed E-state index contributed by atoms with van der Waals surface area (Å²) in [5, 5.41) is 0.499. The van der Waals surface area contributed by atoms with Gasteiger partial charge in [0.15, 0.2) is 5.96 Å². The van der Waals surface area contributed by atoms with Gasteiger partial charge in [0.2, 0.25) is 0 Å². The van der Waals surface area contributed by atoms with Gasteiger partial charge < -0.3 is 10.6 Å². The molecule has 1 saturated heterocycles. The Morgan fingerprint density at radius 2 is 2.00 bits per heavy atom. The van der Waals surface area contributed by atoms with Gasteiger partial charge in [-0.2, -0.15) is 0 Å². The van der Waals surface area contributed by atoms with E-state index in [0.29, 0.717) is 17.5 Å². The zero-order valence-corrected chi connectivity index (χ0v) is 12.9. The molecule has 0 atom stereocenters. The number of halogens is 2. The molecular weight excluding hydrogens is 289 g/mol. The van der Waals surface area contributed by atoms with Gasteiger partial charge in [0.05, 0.1) is 6.54 Å². The summed E-state index contributed by atoms with van der Waals surface area (Å²) in [4.78, 5) is 6.75. The van der Waals surface area contributed by atoms with Crippen LogP contribution in [0.25, 0.3) is 0 Å². The second-order valence-electron chi connectivity index (χ2n) is 6.13. The topological polar surface area (TPSA) is 41.6 Å². The number of piperidine rings is 1. The van der Waals surface area contributed by atoms with Gasteiger partial charge in [0, 0.05) is 23.5 Å². The third-order valence-electron chi connectivity index (χ3n) is 4.58. The van der Waals surface area contributed by atoms with Crippen LogP contribution in [0.15, 0.2) is 23.2 Å². The Bertz CT molecular complexity index is 548. The molecule has 2 fully saturated rings. The van der Waals surface area contributed by atoms with E-state index >= 15 is 0 Å². The van der Waals surface area contributed by atoms with Crippen molar-refractivity contribution in [1.82, 2.24) is 4.90 Å². The zero-order valence-electron chi connectivity index (χ0n) is 12.1. The van der Waals surface area contributed by atoms with Crippen molar-refractivity contribution in [3.8, 4) is 0 Å². The smallest absolute Gasteiger partial charge is 0.191 e. The van der Waals surface area contributed by atoms with E-state index in [9.17, 15) is 4.39 Å². The first-order chi connectivity index (χ1) is 10.1. The molecular formula is C16H21ClFN3. The lowest BCUT2D eigenvalue weighted by Gasteiger charge is -2.28. The summed E-state index contributed by atoms with van der Waals surface area (Å²) in [6, 6.07) is 4.64. The zero-order chi connectivity index (χ0) is 14.9. The van der Waals surface area contributed by atoms with Gasteiger partial charge in [-0.15, -0.1) is 0 Å². The SMILES string of the molecule is NC(=NCC1(c2ccc(F)cc2Cl)CC1)N1CCCCC1. The minimum Gasteiger partial charge on any atom is -0.370 e. The van der Waals surface area contributed by atoms with Gasteiger partial charge >= 0.3 is 0 Å². The maximum absolute atomic E-state index is 13.2. The molecule has 0 unspecified atom stereocenters. The van der Waals surface area contributed by atoms with Gasteiger partial charge in [-0.1, -0.05) is 17.7 Å². The number of rotatable bonds is 3. The number of likely N-dealkylation sites (tertiary alicyclic amines) is 1. The molecule has 21 heavy (non-hydrogen) atoms. The van der Waals surface area contributed by atoms with Crippen molar-refractivity contribution in [3.63, 3.8) is 0 Å². The van der Waals surface area contributed by atoms with Gasteiger partial charge in [-0.05, 0) is 49.8 Å². The van der Waals surface area contributed by atoms with E-state index in [1.807, 2.05) is 0 Å². The minimum absolute atomic E-state index is 0.0365. The van der Waals surface area contributed by atoms with Gasteiger partial charge in [0.25, 0.3) is 0 Å². The van der Waals surface area contributed by atoms with Crippen LogP contribution >= 0.6 is 11.6 Å². The highest BCUT2D eigenvalue weighted by Crippen LogP contribution is 2.50. The quantitative estimate of drug-likeness (QED) is 0.687. The van der Waals surface area contributed by atoms with E-state index in [2.05, 4.69) is 9.89 Å². The molecule has 1 saturated carbocycles. The molecule has 0 bridgehead atoms. The predicted molar refractivity (Wildman–Crippen MR) is 84.2 cm³/mol. The first kappa shape index (κ1) is 14.6. The Morgan fingerprint density at radius 1 is 1.29 bits per heavy atom. The van der Waals surface area contributed by atoms with Crippen LogP contribution < -0.4 is 5.73 Å². The van der Waals surface area contributed by atoms with E-state index in [4.69, 9.17) is 17.3 Å². The van der Waals surface area contributed by atoms with Crippen molar-refractivity contribution in [2.24, 2.45) is 10.7 Å². The molecule has 0 spiro atoms. The third kappa shape index (κ3) is 3.15. The molecule has 1 heterocycles. The van der Waals surface area contributed by atoms with Gasteiger partial charge in [-0.25, -0.2) is 4.39 Å². The lowest BCUT2D eigenvalue weighted by Crippen LogP contribution is -2.41. The summed E-state index contributed by atoms with van der Waals surface area (Å²) in [6.07, 6.45) is 5.72. The highest BCUT2D eigenvalue weighted by molar-refractivity contribution is 6.31. The summed E-state index contributed by atoms with van der Waals surface area (Å²) >= 11 is 6.19. The van der Waals surface area contributed by atoms with E-state index in [-0.39, 0.29) is 11.2 Å². The average Bonchev–Trinajstić information content (AvgIpc) is 3.26. The molecule has 5 heteroatoms. The summed E-state index contributed by atoms with van der Waals surface area (Å²) in [5.41, 5.74) is 7.07. The maximum atomic E-state index is 13.2. The molecule has 0 aromatic heterocycles. The monoisotopic (exact) mass is 309 g/mol. The number of nitrogens with zero attached hydrogens (tertiary/aromatic N) is 2. The first-order valence-corrected chi connectivity index (χ1v) is 7.99. The Morgan fingerprint density at radius 3 is 2.62 bits per heavy atom. The maximum Gasteiger partial charge on any atom is 0.191 e. The minimum atomic E-state index is -0.295. The number of benzene rings is 1. The van der Waals surface area contributed by atoms with Crippen LogP contribution in [0.3, 0.4) is 0 Å². The molecule has 3 nitrogen and oxygen atoms in total. The summed E-state index contributed by atoms with van der Waals surface area (Å²) in [5.74, 6) is 0.343. The fourth-order valence-corrected chi connectivity index (χ4v) is 3.41. The molecule has 1 aromatic rings. The molecule has 1 aliphatic heterocycles. The number of hydrogen-bond donors (Lipinski definition) is 1. The summed E-state index contributed by atoms with van der Waals surface area (Å²) in [6.45, 7) is 2.64. The molecule has 1 aliphatic carbocycles. The molecule has 2 N–H and O–H groups in total. The molecule has 0 radical (unpaired) electrons. The fraction of sp³-hybridized carbons (Fsp3) is 0.562. The number of aliphatic imine (C=N–C) groups is 1.